The van der Waals surface area contributed by atoms with Crippen LogP contribution in [0.2, 0.25) is 0 Å². The molecule has 0 saturated heterocycles. The number of aliphatic hydroxyl groups excluding tert-OH is 4. The fraction of sp³-hybridized carbons (Fsp3) is 0.875. The highest BCUT2D eigenvalue weighted by molar-refractivity contribution is 5.01. The first-order chi connectivity index (χ1) is 10.1. The Hall–Kier alpha value is -0.620. The van der Waals surface area contributed by atoms with Crippen LogP contribution in [0.3, 0.4) is 0 Å². The molecule has 126 valence electrons. The van der Waals surface area contributed by atoms with Crippen LogP contribution in [0.5, 0.6) is 0 Å². The van der Waals surface area contributed by atoms with E-state index in [0.717, 1.165) is 19.3 Å². The van der Waals surface area contributed by atoms with Crippen LogP contribution in [0.1, 0.15) is 51.9 Å². The van der Waals surface area contributed by atoms with Gasteiger partial charge in [0.15, 0.2) is 0 Å². The standard InChI is InChI=1S/C16H32O5/c1-3-5-6-15(7-11-17,8-12-18)16(9-13-19,10-14-20)21-4-2/h4,17-20H,2-3,5-14H2,1H3. The van der Waals surface area contributed by atoms with Crippen LogP contribution >= 0.6 is 0 Å². The highest BCUT2D eigenvalue weighted by Gasteiger charge is 2.50. The predicted molar refractivity (Wildman–Crippen MR) is 82.8 cm³/mol. The monoisotopic (exact) mass is 304 g/mol. The molecule has 0 aliphatic carbocycles. The van der Waals surface area contributed by atoms with Crippen molar-refractivity contribution in [2.45, 2.75) is 57.5 Å². The summed E-state index contributed by atoms with van der Waals surface area (Å²) >= 11 is 0. The lowest BCUT2D eigenvalue weighted by Gasteiger charge is -2.50. The van der Waals surface area contributed by atoms with E-state index in [2.05, 4.69) is 13.5 Å². The normalized spacial score (nSPS) is 12.4. The van der Waals surface area contributed by atoms with E-state index in [4.69, 9.17) is 4.74 Å². The second-order valence-corrected chi connectivity index (χ2v) is 5.56. The Balaban J connectivity index is 5.70. The summed E-state index contributed by atoms with van der Waals surface area (Å²) in [6.07, 6.45) is 5.61. The van der Waals surface area contributed by atoms with Crippen molar-refractivity contribution in [2.75, 3.05) is 26.4 Å². The summed E-state index contributed by atoms with van der Waals surface area (Å²) in [6, 6.07) is 0. The van der Waals surface area contributed by atoms with Crippen LogP contribution in [0.25, 0.3) is 0 Å². The molecule has 0 aromatic heterocycles. The molecule has 0 bridgehead atoms. The minimum Gasteiger partial charge on any atom is -0.495 e. The number of unbranched alkanes of at least 4 members (excludes halogenated alkanes) is 1. The summed E-state index contributed by atoms with van der Waals surface area (Å²) in [6.45, 7) is 5.47. The van der Waals surface area contributed by atoms with Gasteiger partial charge in [-0.05, 0) is 19.3 Å². The van der Waals surface area contributed by atoms with Gasteiger partial charge in [0.05, 0.1) is 6.26 Å². The number of ether oxygens (including phenoxy) is 1. The summed E-state index contributed by atoms with van der Waals surface area (Å²) in [7, 11) is 0. The van der Waals surface area contributed by atoms with Gasteiger partial charge < -0.3 is 25.2 Å². The lowest BCUT2D eigenvalue weighted by Crippen LogP contribution is -2.52. The lowest BCUT2D eigenvalue weighted by molar-refractivity contribution is -0.139. The van der Waals surface area contributed by atoms with E-state index < -0.39 is 11.0 Å². The van der Waals surface area contributed by atoms with E-state index in [1.165, 1.54) is 6.26 Å². The average Bonchev–Trinajstić information content (AvgIpc) is 2.46. The minimum atomic E-state index is -0.821. The highest BCUT2D eigenvalue weighted by atomic mass is 16.5. The largest absolute Gasteiger partial charge is 0.495 e. The molecule has 0 radical (unpaired) electrons. The van der Waals surface area contributed by atoms with Crippen LogP contribution < -0.4 is 0 Å². The van der Waals surface area contributed by atoms with Gasteiger partial charge in [0.2, 0.25) is 0 Å². The van der Waals surface area contributed by atoms with Crippen molar-refractivity contribution in [2.24, 2.45) is 5.41 Å². The first-order valence-corrected chi connectivity index (χ1v) is 7.84. The van der Waals surface area contributed by atoms with E-state index in [1.807, 2.05) is 0 Å². The van der Waals surface area contributed by atoms with E-state index in [9.17, 15) is 20.4 Å². The van der Waals surface area contributed by atoms with Crippen LogP contribution in [0, 0.1) is 5.41 Å². The Morgan fingerprint density at radius 2 is 1.33 bits per heavy atom. The lowest BCUT2D eigenvalue weighted by atomic mass is 9.62. The molecule has 21 heavy (non-hydrogen) atoms. The SMILES string of the molecule is C=COC(CCO)(CCO)C(CCO)(CCO)CCCC. The maximum atomic E-state index is 9.51. The maximum Gasteiger partial charge on any atom is 0.118 e. The Bertz CT molecular complexity index is 255. The van der Waals surface area contributed by atoms with Gasteiger partial charge in [0.25, 0.3) is 0 Å². The summed E-state index contributed by atoms with van der Waals surface area (Å²) < 4.78 is 5.80. The van der Waals surface area contributed by atoms with Crippen molar-refractivity contribution in [3.8, 4) is 0 Å². The second-order valence-electron chi connectivity index (χ2n) is 5.56. The van der Waals surface area contributed by atoms with Gasteiger partial charge in [-0.2, -0.15) is 0 Å². The Morgan fingerprint density at radius 1 is 0.857 bits per heavy atom. The Morgan fingerprint density at radius 3 is 1.67 bits per heavy atom. The van der Waals surface area contributed by atoms with Crippen LogP contribution in [-0.4, -0.2) is 52.5 Å². The third kappa shape index (κ3) is 5.25. The molecular weight excluding hydrogens is 272 g/mol. The molecule has 0 aliphatic rings. The Kier molecular flexibility index (Phi) is 10.7. The van der Waals surface area contributed by atoms with E-state index in [-0.39, 0.29) is 26.4 Å². The molecule has 0 spiro atoms. The quantitative estimate of drug-likeness (QED) is 0.366. The number of aliphatic hydroxyl groups is 4. The summed E-state index contributed by atoms with van der Waals surface area (Å²) in [4.78, 5) is 0. The molecule has 0 saturated carbocycles. The number of rotatable bonds is 14. The number of hydrogen-bond acceptors (Lipinski definition) is 5. The Labute approximate surface area is 128 Å². The highest BCUT2D eigenvalue weighted by Crippen LogP contribution is 2.49. The van der Waals surface area contributed by atoms with Crippen LogP contribution in [-0.2, 0) is 4.74 Å². The van der Waals surface area contributed by atoms with Gasteiger partial charge in [-0.3, -0.25) is 0 Å². The van der Waals surface area contributed by atoms with Crippen molar-refractivity contribution in [3.63, 3.8) is 0 Å². The molecule has 0 fully saturated rings. The summed E-state index contributed by atoms with van der Waals surface area (Å²) in [5, 5.41) is 37.9. The third-order valence-corrected chi connectivity index (χ3v) is 4.50. The van der Waals surface area contributed by atoms with Crippen LogP contribution in [0.15, 0.2) is 12.8 Å². The summed E-state index contributed by atoms with van der Waals surface area (Å²) in [5.74, 6) is 0. The zero-order valence-corrected chi connectivity index (χ0v) is 13.3. The van der Waals surface area contributed by atoms with Gasteiger partial charge in [-0.15, -0.1) is 0 Å². The zero-order chi connectivity index (χ0) is 16.2. The van der Waals surface area contributed by atoms with Crippen LogP contribution in [0.4, 0.5) is 0 Å². The van der Waals surface area contributed by atoms with Crippen molar-refractivity contribution in [3.05, 3.63) is 12.8 Å². The molecule has 0 heterocycles. The zero-order valence-electron chi connectivity index (χ0n) is 13.3. The average molecular weight is 304 g/mol. The molecule has 0 rings (SSSR count). The van der Waals surface area contributed by atoms with E-state index >= 15 is 0 Å². The molecule has 0 unspecified atom stereocenters. The van der Waals surface area contributed by atoms with Crippen molar-refractivity contribution in [1.82, 2.24) is 0 Å². The van der Waals surface area contributed by atoms with Gasteiger partial charge in [0, 0.05) is 44.7 Å². The fourth-order valence-electron chi connectivity index (χ4n) is 3.42. The first-order valence-electron chi connectivity index (χ1n) is 7.84. The molecule has 0 aromatic rings. The minimum absolute atomic E-state index is 0.0250. The number of hydrogen-bond donors (Lipinski definition) is 4. The smallest absolute Gasteiger partial charge is 0.118 e. The van der Waals surface area contributed by atoms with Crippen molar-refractivity contribution in [1.29, 1.82) is 0 Å². The molecule has 0 atom stereocenters. The van der Waals surface area contributed by atoms with E-state index in [1.54, 1.807) is 0 Å². The molecular formula is C16H32O5. The predicted octanol–water partition coefficient (Wildman–Crippen LogP) is 1.59. The van der Waals surface area contributed by atoms with Crippen molar-refractivity contribution >= 4 is 0 Å². The molecule has 0 aromatic carbocycles. The third-order valence-electron chi connectivity index (χ3n) is 4.50. The second kappa shape index (κ2) is 11.0. The maximum absolute atomic E-state index is 9.51. The molecule has 5 nitrogen and oxygen atoms in total. The molecule has 0 aliphatic heterocycles. The fourth-order valence-corrected chi connectivity index (χ4v) is 3.42. The molecule has 0 amide bonds. The van der Waals surface area contributed by atoms with Crippen molar-refractivity contribution < 1.29 is 25.2 Å². The van der Waals surface area contributed by atoms with E-state index in [0.29, 0.717) is 25.7 Å². The first kappa shape index (κ1) is 20.4. The van der Waals surface area contributed by atoms with Gasteiger partial charge in [-0.1, -0.05) is 26.3 Å². The van der Waals surface area contributed by atoms with Gasteiger partial charge >= 0.3 is 0 Å². The van der Waals surface area contributed by atoms with Gasteiger partial charge in [-0.25, -0.2) is 0 Å². The summed E-state index contributed by atoms with van der Waals surface area (Å²) in [5.41, 5.74) is -1.31. The van der Waals surface area contributed by atoms with Gasteiger partial charge in [0.1, 0.15) is 5.60 Å². The topological polar surface area (TPSA) is 90.2 Å². The molecule has 4 N–H and O–H groups in total. The molecule has 5 heteroatoms.